The van der Waals surface area contributed by atoms with Gasteiger partial charge in [0.1, 0.15) is 17.2 Å². The Morgan fingerprint density at radius 3 is 2.68 bits per heavy atom. The van der Waals surface area contributed by atoms with E-state index in [2.05, 4.69) is 0 Å². The molecule has 1 heterocycles. The Kier molecular flexibility index (Phi) is 3.92. The molecule has 0 unspecified atom stereocenters. The van der Waals surface area contributed by atoms with Crippen LogP contribution in [0.25, 0.3) is 0 Å². The third kappa shape index (κ3) is 2.72. The molecule has 1 aliphatic heterocycles. The van der Waals surface area contributed by atoms with Crippen molar-refractivity contribution in [3.63, 3.8) is 0 Å². The summed E-state index contributed by atoms with van der Waals surface area (Å²) in [6, 6.07) is 13.0. The monoisotopic (exact) mass is 296 g/mol. The molecule has 2 aromatic rings. The molecule has 0 amide bonds. The second-order valence-electron chi connectivity index (χ2n) is 5.18. The predicted octanol–water partition coefficient (Wildman–Crippen LogP) is 3.66. The molecule has 22 heavy (non-hydrogen) atoms. The van der Waals surface area contributed by atoms with Crippen LogP contribution in [0.4, 0.5) is 0 Å². The summed E-state index contributed by atoms with van der Waals surface area (Å²) in [5.41, 5.74) is 1.82. The molecule has 1 aliphatic rings. The Bertz CT molecular complexity index is 734. The third-order valence-electron chi connectivity index (χ3n) is 3.56. The van der Waals surface area contributed by atoms with Gasteiger partial charge in [0.05, 0.1) is 0 Å². The summed E-state index contributed by atoms with van der Waals surface area (Å²) in [7, 11) is 0. The van der Waals surface area contributed by atoms with Crippen LogP contribution < -0.4 is 9.47 Å². The Balaban J connectivity index is 1.87. The standard InChI is InChI=1S/C18H16O4/c1-2-6-14(19)18(20)22-17-10-5-9-16-13(17)11-12-7-3-4-8-15(12)21-16/h3-5,7-10H,2,6,11H2,1H3. The first-order valence-electron chi connectivity index (χ1n) is 7.31. The van der Waals surface area contributed by atoms with Crippen molar-refractivity contribution in [2.24, 2.45) is 0 Å². The van der Waals surface area contributed by atoms with Gasteiger partial charge < -0.3 is 9.47 Å². The number of carbonyl (C=O) groups excluding carboxylic acids is 2. The largest absolute Gasteiger partial charge is 0.457 e. The van der Waals surface area contributed by atoms with Gasteiger partial charge in [-0.15, -0.1) is 0 Å². The van der Waals surface area contributed by atoms with Crippen molar-refractivity contribution < 1.29 is 19.1 Å². The Morgan fingerprint density at radius 1 is 1.09 bits per heavy atom. The summed E-state index contributed by atoms with van der Waals surface area (Å²) in [5.74, 6) is 0.542. The Hall–Kier alpha value is -2.62. The highest BCUT2D eigenvalue weighted by Crippen LogP contribution is 2.40. The number of Topliss-reactive ketones (excluding diaryl/α,β-unsaturated/α-hetero) is 1. The summed E-state index contributed by atoms with van der Waals surface area (Å²) in [4.78, 5) is 23.4. The number of esters is 1. The van der Waals surface area contributed by atoms with Crippen molar-refractivity contribution in [2.75, 3.05) is 0 Å². The van der Waals surface area contributed by atoms with E-state index in [0.717, 1.165) is 16.9 Å². The molecule has 0 aromatic heterocycles. The van der Waals surface area contributed by atoms with E-state index in [1.807, 2.05) is 37.3 Å². The molecule has 112 valence electrons. The lowest BCUT2D eigenvalue weighted by molar-refractivity contribution is -0.147. The number of rotatable bonds is 4. The summed E-state index contributed by atoms with van der Waals surface area (Å²) in [5, 5.41) is 0. The van der Waals surface area contributed by atoms with Gasteiger partial charge in [-0.2, -0.15) is 0 Å². The second-order valence-corrected chi connectivity index (χ2v) is 5.18. The minimum atomic E-state index is -0.811. The predicted molar refractivity (Wildman–Crippen MR) is 81.3 cm³/mol. The molecule has 0 spiro atoms. The van der Waals surface area contributed by atoms with Crippen molar-refractivity contribution in [1.29, 1.82) is 0 Å². The van der Waals surface area contributed by atoms with Gasteiger partial charge in [-0.25, -0.2) is 4.79 Å². The van der Waals surface area contributed by atoms with E-state index in [1.165, 1.54) is 0 Å². The lowest BCUT2D eigenvalue weighted by Gasteiger charge is -2.21. The minimum absolute atomic E-state index is 0.202. The van der Waals surface area contributed by atoms with Gasteiger partial charge in [-0.1, -0.05) is 31.2 Å². The van der Waals surface area contributed by atoms with Gasteiger partial charge >= 0.3 is 5.97 Å². The number of fused-ring (bicyclic) bond motifs is 2. The lowest BCUT2D eigenvalue weighted by atomic mass is 9.99. The van der Waals surface area contributed by atoms with Gasteiger partial charge in [-0.3, -0.25) is 4.79 Å². The van der Waals surface area contributed by atoms with E-state index in [9.17, 15) is 9.59 Å². The van der Waals surface area contributed by atoms with E-state index in [-0.39, 0.29) is 6.42 Å². The lowest BCUT2D eigenvalue weighted by Crippen LogP contribution is -2.21. The van der Waals surface area contributed by atoms with Crippen LogP contribution in [0.15, 0.2) is 42.5 Å². The van der Waals surface area contributed by atoms with Gasteiger partial charge in [0.15, 0.2) is 0 Å². The van der Waals surface area contributed by atoms with E-state index in [4.69, 9.17) is 9.47 Å². The summed E-state index contributed by atoms with van der Waals surface area (Å²) >= 11 is 0. The molecule has 0 saturated carbocycles. The third-order valence-corrected chi connectivity index (χ3v) is 3.56. The number of para-hydroxylation sites is 1. The van der Waals surface area contributed by atoms with E-state index >= 15 is 0 Å². The molecule has 3 rings (SSSR count). The zero-order valence-corrected chi connectivity index (χ0v) is 12.3. The maximum absolute atomic E-state index is 11.8. The number of ether oxygens (including phenoxy) is 2. The van der Waals surface area contributed by atoms with Crippen molar-refractivity contribution >= 4 is 11.8 Å². The van der Waals surface area contributed by atoms with Crippen molar-refractivity contribution in [3.05, 3.63) is 53.6 Å². The zero-order chi connectivity index (χ0) is 15.5. The van der Waals surface area contributed by atoms with E-state index < -0.39 is 11.8 Å². The van der Waals surface area contributed by atoms with Gasteiger partial charge in [0.25, 0.3) is 0 Å². The second kappa shape index (κ2) is 6.02. The van der Waals surface area contributed by atoms with E-state index in [0.29, 0.717) is 24.3 Å². The zero-order valence-electron chi connectivity index (χ0n) is 12.3. The van der Waals surface area contributed by atoms with Crippen LogP contribution in [0.5, 0.6) is 17.2 Å². The van der Waals surface area contributed by atoms with E-state index in [1.54, 1.807) is 12.1 Å². The maximum Gasteiger partial charge on any atom is 0.379 e. The first-order valence-corrected chi connectivity index (χ1v) is 7.31. The highest BCUT2D eigenvalue weighted by molar-refractivity contribution is 6.34. The molecule has 0 N–H and O–H groups in total. The Labute approximate surface area is 128 Å². The van der Waals surface area contributed by atoms with Crippen LogP contribution in [0.3, 0.4) is 0 Å². The van der Waals surface area contributed by atoms with Crippen molar-refractivity contribution in [3.8, 4) is 17.2 Å². The SMILES string of the molecule is CCCC(=O)C(=O)Oc1cccc2c1Cc1ccccc1O2. The van der Waals surface area contributed by atoms with Crippen LogP contribution in [0, 0.1) is 0 Å². The molecule has 4 nitrogen and oxygen atoms in total. The molecule has 0 atom stereocenters. The summed E-state index contributed by atoms with van der Waals surface area (Å²) in [6.07, 6.45) is 1.43. The fourth-order valence-corrected chi connectivity index (χ4v) is 2.46. The van der Waals surface area contributed by atoms with Crippen LogP contribution in [-0.4, -0.2) is 11.8 Å². The van der Waals surface area contributed by atoms with Gasteiger partial charge in [0, 0.05) is 18.4 Å². The first kappa shape index (κ1) is 14.3. The molecule has 0 fully saturated rings. The average Bonchev–Trinajstić information content (AvgIpc) is 2.53. The molecule has 0 bridgehead atoms. The van der Waals surface area contributed by atoms with Crippen LogP contribution in [-0.2, 0) is 16.0 Å². The van der Waals surface area contributed by atoms with Crippen LogP contribution >= 0.6 is 0 Å². The topological polar surface area (TPSA) is 52.6 Å². The number of benzene rings is 2. The fraction of sp³-hybridized carbons (Fsp3) is 0.222. The molecule has 2 aromatic carbocycles. The minimum Gasteiger partial charge on any atom is -0.457 e. The molecule has 4 heteroatoms. The highest BCUT2D eigenvalue weighted by atomic mass is 16.5. The number of ketones is 1. The van der Waals surface area contributed by atoms with Crippen molar-refractivity contribution in [2.45, 2.75) is 26.2 Å². The summed E-state index contributed by atoms with van der Waals surface area (Å²) in [6.45, 7) is 1.85. The quantitative estimate of drug-likeness (QED) is 0.419. The number of hydrogen-bond acceptors (Lipinski definition) is 4. The van der Waals surface area contributed by atoms with Gasteiger partial charge in [-0.05, 0) is 30.2 Å². The highest BCUT2D eigenvalue weighted by Gasteiger charge is 2.23. The molecular weight excluding hydrogens is 280 g/mol. The number of carbonyl (C=O) groups is 2. The average molecular weight is 296 g/mol. The fourth-order valence-electron chi connectivity index (χ4n) is 2.46. The Morgan fingerprint density at radius 2 is 1.86 bits per heavy atom. The van der Waals surface area contributed by atoms with Crippen LogP contribution in [0.1, 0.15) is 30.9 Å². The molecule has 0 radical (unpaired) electrons. The summed E-state index contributed by atoms with van der Waals surface area (Å²) < 4.78 is 11.1. The first-order chi connectivity index (χ1) is 10.7. The normalized spacial score (nSPS) is 11.9. The smallest absolute Gasteiger partial charge is 0.379 e. The maximum atomic E-state index is 11.8. The molecular formula is C18H16O4. The van der Waals surface area contributed by atoms with Gasteiger partial charge in [0.2, 0.25) is 5.78 Å². The molecule has 0 saturated heterocycles. The van der Waals surface area contributed by atoms with Crippen LogP contribution in [0.2, 0.25) is 0 Å². The van der Waals surface area contributed by atoms with Crippen molar-refractivity contribution in [1.82, 2.24) is 0 Å². The number of hydrogen-bond donors (Lipinski definition) is 0. The molecule has 0 aliphatic carbocycles.